The van der Waals surface area contributed by atoms with Crippen molar-refractivity contribution in [3.8, 4) is 5.75 Å². The molecule has 13 heteroatoms. The van der Waals surface area contributed by atoms with Gasteiger partial charge >= 0.3 is 6.03 Å². The first-order valence-corrected chi connectivity index (χ1v) is 11.8. The molecule has 2 fully saturated rings. The van der Waals surface area contributed by atoms with Crippen LogP contribution in [-0.4, -0.2) is 54.0 Å². The minimum absolute atomic E-state index is 0.0112. The minimum atomic E-state index is -3.72. The van der Waals surface area contributed by atoms with Crippen molar-refractivity contribution in [2.75, 3.05) is 23.8 Å². The van der Waals surface area contributed by atoms with Crippen LogP contribution in [0, 0.1) is 11.7 Å². The van der Waals surface area contributed by atoms with E-state index in [9.17, 15) is 22.4 Å². The molecule has 1 aliphatic heterocycles. The Balaban J connectivity index is 1.33. The van der Waals surface area contributed by atoms with Crippen molar-refractivity contribution < 1.29 is 27.1 Å². The molecule has 1 aromatic heterocycles. The summed E-state index contributed by atoms with van der Waals surface area (Å²) >= 11 is 0. The third-order valence-corrected chi connectivity index (χ3v) is 6.56. The second kappa shape index (κ2) is 8.82. The molecule has 1 saturated heterocycles. The second-order valence-electron chi connectivity index (χ2n) is 7.85. The molecule has 4 rings (SSSR count). The first-order valence-electron chi connectivity index (χ1n) is 10.1. The quantitative estimate of drug-likeness (QED) is 0.498. The largest absolute Gasteiger partial charge is 0.490 e. The van der Waals surface area contributed by atoms with Gasteiger partial charge in [0.2, 0.25) is 15.9 Å². The predicted octanol–water partition coefficient (Wildman–Crippen LogP) is 0.943. The van der Waals surface area contributed by atoms with Crippen LogP contribution in [0.15, 0.2) is 24.5 Å². The van der Waals surface area contributed by atoms with Crippen LogP contribution in [0.4, 0.5) is 15.1 Å². The number of imide groups is 1. The van der Waals surface area contributed by atoms with E-state index in [2.05, 4.69) is 20.1 Å². The van der Waals surface area contributed by atoms with Crippen molar-refractivity contribution >= 4 is 27.9 Å². The highest BCUT2D eigenvalue weighted by Crippen LogP contribution is 2.31. The summed E-state index contributed by atoms with van der Waals surface area (Å²) in [5.74, 6) is -0.657. The van der Waals surface area contributed by atoms with E-state index in [0.717, 1.165) is 17.7 Å². The number of urea groups is 1. The molecular weight excluding hydrogens is 443 g/mol. The van der Waals surface area contributed by atoms with Crippen LogP contribution in [0.1, 0.15) is 31.4 Å². The van der Waals surface area contributed by atoms with Crippen LogP contribution in [-0.2, 0) is 21.4 Å². The summed E-state index contributed by atoms with van der Waals surface area (Å²) in [7, 11) is -3.72. The zero-order chi connectivity index (χ0) is 22.9. The number of carbonyl (C=O) groups excluding carboxylic acids is 2. The van der Waals surface area contributed by atoms with Gasteiger partial charge in [0.1, 0.15) is 12.9 Å². The molecule has 0 bridgehead atoms. The van der Waals surface area contributed by atoms with E-state index in [1.54, 1.807) is 6.92 Å². The summed E-state index contributed by atoms with van der Waals surface area (Å²) in [5.41, 5.74) is 0.577. The van der Waals surface area contributed by atoms with Gasteiger partial charge < -0.3 is 4.74 Å². The first-order chi connectivity index (χ1) is 15.2. The number of amides is 3. The van der Waals surface area contributed by atoms with E-state index < -0.39 is 33.8 Å². The van der Waals surface area contributed by atoms with E-state index in [4.69, 9.17) is 4.74 Å². The van der Waals surface area contributed by atoms with Crippen molar-refractivity contribution in [1.29, 1.82) is 0 Å². The number of ether oxygens (including phenoxy) is 1. The third kappa shape index (κ3) is 5.40. The molecule has 1 atom stereocenters. The molecule has 2 aromatic rings. The summed E-state index contributed by atoms with van der Waals surface area (Å²) < 4.78 is 48.4. The molecule has 2 N–H and O–H groups in total. The summed E-state index contributed by atoms with van der Waals surface area (Å²) in [6, 6.07) is 3.05. The van der Waals surface area contributed by atoms with Gasteiger partial charge in [-0.2, -0.15) is 4.98 Å². The molecule has 3 amide bonds. The number of aromatic nitrogens is 3. The molecule has 0 radical (unpaired) electrons. The predicted molar refractivity (Wildman–Crippen MR) is 111 cm³/mol. The van der Waals surface area contributed by atoms with Gasteiger partial charge in [-0.15, -0.1) is 5.10 Å². The summed E-state index contributed by atoms with van der Waals surface area (Å²) in [5, 5.41) is 6.16. The Bertz CT molecular complexity index is 1130. The SMILES string of the molecule is C[C@@H](NS(=O)(=O)CCn1cnc(N2CC(=O)NC2=O)n1)c1ccc(F)c(OCC2CC2)c1. The molecular formula is C19H23FN6O5S. The van der Waals surface area contributed by atoms with Crippen LogP contribution in [0.5, 0.6) is 5.75 Å². The van der Waals surface area contributed by atoms with Crippen LogP contribution in [0.2, 0.25) is 0 Å². The number of carbonyl (C=O) groups is 2. The van der Waals surface area contributed by atoms with Crippen molar-refractivity contribution in [1.82, 2.24) is 24.8 Å². The van der Waals surface area contributed by atoms with E-state index in [1.807, 2.05) is 0 Å². The number of rotatable bonds is 10. The Morgan fingerprint density at radius 3 is 2.81 bits per heavy atom. The zero-order valence-corrected chi connectivity index (χ0v) is 18.1. The van der Waals surface area contributed by atoms with Gasteiger partial charge in [-0.1, -0.05) is 6.07 Å². The fourth-order valence-electron chi connectivity index (χ4n) is 3.12. The molecule has 1 aromatic carbocycles. The van der Waals surface area contributed by atoms with E-state index in [1.165, 1.54) is 29.2 Å². The summed E-state index contributed by atoms with van der Waals surface area (Å²) in [4.78, 5) is 27.9. The number of benzene rings is 1. The molecule has 1 aliphatic carbocycles. The molecule has 1 saturated carbocycles. The van der Waals surface area contributed by atoms with Crippen LogP contribution < -0.4 is 19.7 Å². The zero-order valence-electron chi connectivity index (χ0n) is 17.3. The Morgan fingerprint density at radius 1 is 1.34 bits per heavy atom. The highest BCUT2D eigenvalue weighted by molar-refractivity contribution is 7.89. The fourth-order valence-corrected chi connectivity index (χ4v) is 4.34. The molecule has 0 unspecified atom stereocenters. The Kier molecular flexibility index (Phi) is 6.11. The topological polar surface area (TPSA) is 136 Å². The maximum atomic E-state index is 14.0. The van der Waals surface area contributed by atoms with Gasteiger partial charge in [-0.25, -0.2) is 27.0 Å². The third-order valence-electron chi connectivity index (χ3n) is 5.13. The Morgan fingerprint density at radius 2 is 2.12 bits per heavy atom. The number of hydrogen-bond donors (Lipinski definition) is 2. The summed E-state index contributed by atoms with van der Waals surface area (Å²) in [6.45, 7) is 1.90. The van der Waals surface area contributed by atoms with Crippen LogP contribution >= 0.6 is 0 Å². The average molecular weight is 466 g/mol. The normalized spacial score (nSPS) is 17.5. The van der Waals surface area contributed by atoms with Gasteiger partial charge in [-0.3, -0.25) is 15.0 Å². The van der Waals surface area contributed by atoms with Gasteiger partial charge in [0.05, 0.1) is 18.9 Å². The minimum Gasteiger partial charge on any atom is -0.490 e. The number of aryl methyl sites for hydroxylation is 1. The summed E-state index contributed by atoms with van der Waals surface area (Å²) in [6.07, 6.45) is 3.44. The van der Waals surface area contributed by atoms with Crippen LogP contribution in [0.3, 0.4) is 0 Å². The molecule has 172 valence electrons. The Hall–Kier alpha value is -3.06. The number of nitrogens with one attached hydrogen (secondary N) is 2. The molecule has 2 aliphatic rings. The van der Waals surface area contributed by atoms with Crippen molar-refractivity contribution in [2.45, 2.75) is 32.4 Å². The first kappa shape index (κ1) is 22.1. The van der Waals surface area contributed by atoms with Crippen molar-refractivity contribution in [3.05, 3.63) is 35.9 Å². The smallest absolute Gasteiger partial charge is 0.331 e. The lowest BCUT2D eigenvalue weighted by molar-refractivity contribution is -0.117. The van der Waals surface area contributed by atoms with Crippen LogP contribution in [0.25, 0.3) is 0 Å². The van der Waals surface area contributed by atoms with Gasteiger partial charge in [-0.05, 0) is 43.4 Å². The molecule has 0 spiro atoms. The average Bonchev–Trinajstić information content (AvgIpc) is 3.33. The van der Waals surface area contributed by atoms with Gasteiger partial charge in [0.15, 0.2) is 11.6 Å². The number of nitrogens with zero attached hydrogens (tertiary/aromatic N) is 4. The van der Waals surface area contributed by atoms with E-state index >= 15 is 0 Å². The maximum absolute atomic E-state index is 14.0. The Labute approximate surface area is 184 Å². The van der Waals surface area contributed by atoms with Crippen molar-refractivity contribution in [2.24, 2.45) is 5.92 Å². The highest BCUT2D eigenvalue weighted by Gasteiger charge is 2.30. The number of anilines is 1. The lowest BCUT2D eigenvalue weighted by Crippen LogP contribution is -2.31. The van der Waals surface area contributed by atoms with E-state index in [0.29, 0.717) is 18.1 Å². The molecule has 2 heterocycles. The number of halogens is 1. The van der Waals surface area contributed by atoms with Gasteiger partial charge in [0.25, 0.3) is 5.95 Å². The maximum Gasteiger partial charge on any atom is 0.331 e. The lowest BCUT2D eigenvalue weighted by Gasteiger charge is -2.16. The fraction of sp³-hybridized carbons (Fsp3) is 0.474. The monoisotopic (exact) mass is 466 g/mol. The van der Waals surface area contributed by atoms with E-state index in [-0.39, 0.29) is 30.5 Å². The number of hydrogen-bond acceptors (Lipinski definition) is 7. The molecule has 32 heavy (non-hydrogen) atoms. The molecule has 11 nitrogen and oxygen atoms in total. The second-order valence-corrected chi connectivity index (χ2v) is 9.72. The van der Waals surface area contributed by atoms with Crippen molar-refractivity contribution in [3.63, 3.8) is 0 Å². The highest BCUT2D eigenvalue weighted by atomic mass is 32.2. The standard InChI is InChI=1S/C19H23FN6O5S/c1-12(14-4-5-15(20)16(8-14)31-10-13-2-3-13)24-32(29,30)7-6-25-11-21-18(23-25)26-9-17(27)22-19(26)28/h4-5,8,11-13,24H,2-3,6-7,9-10H2,1H3,(H,22,27,28)/t12-/m1/s1. The number of sulfonamides is 1. The van der Waals surface area contributed by atoms with Gasteiger partial charge in [0, 0.05) is 6.04 Å². The lowest BCUT2D eigenvalue weighted by atomic mass is 10.1.